The van der Waals surface area contributed by atoms with Gasteiger partial charge in [-0.25, -0.2) is 4.39 Å². The zero-order chi connectivity index (χ0) is 14.0. The molecule has 1 fully saturated rings. The van der Waals surface area contributed by atoms with Gasteiger partial charge in [-0.15, -0.1) is 0 Å². The highest BCUT2D eigenvalue weighted by atomic mass is 79.9. The standard InChI is InChI=1S/C14H17BrFNO2/c1-14(2)8-10(5-6-19-14)17-13(18)9-3-4-11(15)12(16)7-9/h3-4,7,10H,5-6,8H2,1-2H3,(H,17,18). The van der Waals surface area contributed by atoms with E-state index in [-0.39, 0.29) is 17.6 Å². The van der Waals surface area contributed by atoms with Crippen LogP contribution < -0.4 is 5.32 Å². The summed E-state index contributed by atoms with van der Waals surface area (Å²) in [5, 5.41) is 2.94. The zero-order valence-corrected chi connectivity index (χ0v) is 12.6. The Labute approximate surface area is 120 Å². The van der Waals surface area contributed by atoms with Gasteiger partial charge >= 0.3 is 0 Å². The maximum atomic E-state index is 13.4. The normalized spacial score (nSPS) is 22.0. The minimum Gasteiger partial charge on any atom is -0.375 e. The maximum Gasteiger partial charge on any atom is 0.251 e. The van der Waals surface area contributed by atoms with E-state index in [4.69, 9.17) is 4.74 Å². The Balaban J connectivity index is 2.02. The van der Waals surface area contributed by atoms with Crippen molar-refractivity contribution in [3.05, 3.63) is 34.1 Å². The van der Waals surface area contributed by atoms with E-state index in [9.17, 15) is 9.18 Å². The van der Waals surface area contributed by atoms with Crippen LogP contribution in [0.25, 0.3) is 0 Å². The fraction of sp³-hybridized carbons (Fsp3) is 0.500. The number of hydrogen-bond acceptors (Lipinski definition) is 2. The number of benzene rings is 1. The molecule has 1 N–H and O–H groups in total. The van der Waals surface area contributed by atoms with Gasteiger partial charge in [0.2, 0.25) is 0 Å². The first kappa shape index (κ1) is 14.5. The first-order chi connectivity index (χ1) is 8.87. The summed E-state index contributed by atoms with van der Waals surface area (Å²) in [7, 11) is 0. The minimum atomic E-state index is -0.431. The Morgan fingerprint density at radius 1 is 1.53 bits per heavy atom. The van der Waals surface area contributed by atoms with E-state index in [0.29, 0.717) is 16.6 Å². The van der Waals surface area contributed by atoms with Crippen LogP contribution in [-0.2, 0) is 4.74 Å². The Morgan fingerprint density at radius 2 is 2.26 bits per heavy atom. The average molecular weight is 330 g/mol. The summed E-state index contributed by atoms with van der Waals surface area (Å²) < 4.78 is 19.4. The molecule has 1 atom stereocenters. The molecule has 1 aromatic rings. The summed E-state index contributed by atoms with van der Waals surface area (Å²) in [4.78, 5) is 12.1. The van der Waals surface area contributed by atoms with E-state index in [1.165, 1.54) is 12.1 Å². The van der Waals surface area contributed by atoms with Crippen molar-refractivity contribution in [2.75, 3.05) is 6.61 Å². The molecular formula is C14H17BrFNO2. The van der Waals surface area contributed by atoms with E-state index >= 15 is 0 Å². The van der Waals surface area contributed by atoms with E-state index in [1.807, 2.05) is 13.8 Å². The Morgan fingerprint density at radius 3 is 2.89 bits per heavy atom. The van der Waals surface area contributed by atoms with Crippen molar-refractivity contribution in [2.24, 2.45) is 0 Å². The Hall–Kier alpha value is -0.940. The second kappa shape index (κ2) is 5.59. The van der Waals surface area contributed by atoms with Crippen LogP contribution in [0, 0.1) is 5.82 Å². The van der Waals surface area contributed by atoms with Crippen molar-refractivity contribution in [3.8, 4) is 0 Å². The highest BCUT2D eigenvalue weighted by Crippen LogP contribution is 2.24. The lowest BCUT2D eigenvalue weighted by Gasteiger charge is -2.35. The second-order valence-corrected chi connectivity index (χ2v) is 6.25. The van der Waals surface area contributed by atoms with Crippen LogP contribution in [-0.4, -0.2) is 24.2 Å². The molecular weight excluding hydrogens is 313 g/mol. The van der Waals surface area contributed by atoms with E-state index < -0.39 is 5.82 Å². The molecule has 1 aromatic carbocycles. The van der Waals surface area contributed by atoms with Gasteiger partial charge in [0.25, 0.3) is 5.91 Å². The van der Waals surface area contributed by atoms with Gasteiger partial charge in [0.1, 0.15) is 5.82 Å². The third kappa shape index (κ3) is 3.76. The Kier molecular flexibility index (Phi) is 4.26. The predicted molar refractivity (Wildman–Crippen MR) is 74.6 cm³/mol. The molecule has 0 radical (unpaired) electrons. The molecule has 1 heterocycles. The lowest BCUT2D eigenvalue weighted by atomic mass is 9.94. The van der Waals surface area contributed by atoms with Gasteiger partial charge in [-0.05, 0) is 60.8 Å². The van der Waals surface area contributed by atoms with Crippen molar-refractivity contribution in [3.63, 3.8) is 0 Å². The minimum absolute atomic E-state index is 0.0722. The number of nitrogens with one attached hydrogen (secondary N) is 1. The largest absolute Gasteiger partial charge is 0.375 e. The van der Waals surface area contributed by atoms with Gasteiger partial charge in [-0.3, -0.25) is 4.79 Å². The molecule has 2 rings (SSSR count). The first-order valence-corrected chi connectivity index (χ1v) is 7.06. The SMILES string of the molecule is CC1(C)CC(NC(=O)c2ccc(Br)c(F)c2)CCO1. The molecule has 1 saturated heterocycles. The third-order valence-corrected chi connectivity index (χ3v) is 3.86. The Bertz CT molecular complexity index is 490. The van der Waals surface area contributed by atoms with Crippen molar-refractivity contribution < 1.29 is 13.9 Å². The summed E-state index contributed by atoms with van der Waals surface area (Å²) in [6, 6.07) is 4.46. The topological polar surface area (TPSA) is 38.3 Å². The molecule has 0 spiro atoms. The maximum absolute atomic E-state index is 13.4. The molecule has 0 saturated carbocycles. The van der Waals surface area contributed by atoms with Gasteiger partial charge < -0.3 is 10.1 Å². The molecule has 0 aromatic heterocycles. The van der Waals surface area contributed by atoms with Gasteiger partial charge in [0.05, 0.1) is 10.1 Å². The van der Waals surface area contributed by atoms with Crippen molar-refractivity contribution in [2.45, 2.75) is 38.3 Å². The lowest BCUT2D eigenvalue weighted by molar-refractivity contribution is -0.0615. The van der Waals surface area contributed by atoms with Crippen LogP contribution in [0.3, 0.4) is 0 Å². The van der Waals surface area contributed by atoms with Crippen LogP contribution in [0.15, 0.2) is 22.7 Å². The van der Waals surface area contributed by atoms with Gasteiger partial charge in [0.15, 0.2) is 0 Å². The van der Waals surface area contributed by atoms with Crippen LogP contribution >= 0.6 is 15.9 Å². The lowest BCUT2D eigenvalue weighted by Crippen LogP contribution is -2.45. The predicted octanol–water partition coefficient (Wildman–Crippen LogP) is 3.28. The molecule has 19 heavy (non-hydrogen) atoms. The molecule has 3 nitrogen and oxygen atoms in total. The van der Waals surface area contributed by atoms with Crippen LogP contribution in [0.5, 0.6) is 0 Å². The van der Waals surface area contributed by atoms with E-state index in [1.54, 1.807) is 6.07 Å². The number of halogens is 2. The average Bonchev–Trinajstić information content (AvgIpc) is 2.31. The number of carbonyl (C=O) groups is 1. The number of amides is 1. The molecule has 5 heteroatoms. The monoisotopic (exact) mass is 329 g/mol. The molecule has 1 aliphatic rings. The summed E-state index contributed by atoms with van der Waals surface area (Å²) in [6.07, 6.45) is 1.55. The summed E-state index contributed by atoms with van der Waals surface area (Å²) in [5.74, 6) is -0.672. The molecule has 1 amide bonds. The number of hydrogen-bond donors (Lipinski definition) is 1. The molecule has 1 aliphatic heterocycles. The highest BCUT2D eigenvalue weighted by molar-refractivity contribution is 9.10. The number of rotatable bonds is 2. The summed E-state index contributed by atoms with van der Waals surface area (Å²) >= 11 is 3.07. The third-order valence-electron chi connectivity index (χ3n) is 3.21. The van der Waals surface area contributed by atoms with E-state index in [0.717, 1.165) is 12.8 Å². The highest BCUT2D eigenvalue weighted by Gasteiger charge is 2.29. The van der Waals surface area contributed by atoms with Gasteiger partial charge in [-0.1, -0.05) is 0 Å². The molecule has 104 valence electrons. The van der Waals surface area contributed by atoms with Crippen LogP contribution in [0.4, 0.5) is 4.39 Å². The molecule has 0 bridgehead atoms. The van der Waals surface area contributed by atoms with Crippen LogP contribution in [0.1, 0.15) is 37.0 Å². The van der Waals surface area contributed by atoms with Crippen molar-refractivity contribution in [1.29, 1.82) is 0 Å². The molecule has 1 unspecified atom stereocenters. The van der Waals surface area contributed by atoms with Gasteiger partial charge in [-0.2, -0.15) is 0 Å². The smallest absolute Gasteiger partial charge is 0.251 e. The second-order valence-electron chi connectivity index (χ2n) is 5.40. The summed E-state index contributed by atoms with van der Waals surface area (Å²) in [5.41, 5.74) is 0.117. The fourth-order valence-electron chi connectivity index (χ4n) is 2.26. The van der Waals surface area contributed by atoms with Gasteiger partial charge in [0, 0.05) is 18.2 Å². The van der Waals surface area contributed by atoms with Crippen molar-refractivity contribution in [1.82, 2.24) is 5.32 Å². The zero-order valence-electron chi connectivity index (χ0n) is 11.0. The van der Waals surface area contributed by atoms with Crippen LogP contribution in [0.2, 0.25) is 0 Å². The van der Waals surface area contributed by atoms with E-state index in [2.05, 4.69) is 21.2 Å². The van der Waals surface area contributed by atoms with Crippen molar-refractivity contribution >= 4 is 21.8 Å². The quantitative estimate of drug-likeness (QED) is 0.904. The summed E-state index contributed by atoms with van der Waals surface area (Å²) in [6.45, 7) is 4.64. The first-order valence-electron chi connectivity index (χ1n) is 6.27. The fourth-order valence-corrected chi connectivity index (χ4v) is 2.51. The number of carbonyl (C=O) groups excluding carboxylic acids is 1. The molecule has 0 aliphatic carbocycles. The number of ether oxygens (including phenoxy) is 1.